The number of hydroxylamine groups is 1. The zero-order valence-electron chi connectivity index (χ0n) is 85.4. The highest BCUT2D eigenvalue weighted by molar-refractivity contribution is 7.16. The molecule has 0 spiro atoms. The maximum absolute atomic E-state index is 5.30. The predicted molar refractivity (Wildman–Crippen MR) is 609 cm³/mol. The average Bonchev–Trinajstić information content (AvgIpc) is 1.45. The van der Waals surface area contributed by atoms with Crippen molar-refractivity contribution in [2.45, 2.75) is 227 Å². The summed E-state index contributed by atoms with van der Waals surface area (Å²) in [4.78, 5) is 25.2. The fourth-order valence-corrected chi connectivity index (χ4v) is 12.4. The number of oxime groups is 1. The number of fused-ring (bicyclic) bond motifs is 11. The van der Waals surface area contributed by atoms with Gasteiger partial charge in [0.2, 0.25) is 6.79 Å². The number of aryl methyl sites for hydroxylation is 3. The van der Waals surface area contributed by atoms with Gasteiger partial charge in [-0.1, -0.05) is 442 Å². The maximum Gasteiger partial charge on any atom is 0.231 e. The quantitative estimate of drug-likeness (QED) is 0.130. The Morgan fingerprint density at radius 3 is 1.12 bits per heavy atom. The minimum Gasteiger partial charge on any atom is -0.486 e. The topological polar surface area (TPSA) is 189 Å². The van der Waals surface area contributed by atoms with Crippen LogP contribution in [0, 0.1) is 0 Å². The van der Waals surface area contributed by atoms with E-state index in [1.54, 1.807) is 34.9 Å². The third-order valence-electron chi connectivity index (χ3n) is 17.2. The predicted octanol–water partition coefficient (Wildman–Crippen LogP) is 35.9. The largest absolute Gasteiger partial charge is 0.486 e. The van der Waals surface area contributed by atoms with E-state index in [0.29, 0.717) is 20.0 Å². The van der Waals surface area contributed by atoms with E-state index in [1.165, 1.54) is 75.0 Å². The Morgan fingerprint density at radius 1 is 0.304 bits per heavy atom. The van der Waals surface area contributed by atoms with Crippen molar-refractivity contribution in [2.24, 2.45) is 5.16 Å². The number of H-pyrrole nitrogens is 1. The normalized spacial score (nSPS) is 10.6. The zero-order valence-corrected chi connectivity index (χ0v) is 86.2. The Hall–Kier alpha value is -13.9. The summed E-state index contributed by atoms with van der Waals surface area (Å²) in [7, 11) is 0. The highest BCUT2D eigenvalue weighted by Crippen LogP contribution is 2.31. The molecule has 0 amide bonds. The Kier molecular flexibility index (Phi) is 87.1. The molecule has 0 saturated heterocycles. The summed E-state index contributed by atoms with van der Waals surface area (Å²) < 4.78 is 22.0. The molecule has 0 fully saturated rings. The van der Waals surface area contributed by atoms with Gasteiger partial charge >= 0.3 is 0 Å². The molecule has 0 radical (unpaired) electrons. The molecule has 17 aromatic rings. The number of nitrogens with zero attached hydrogens (tertiary/aromatic N) is 8. The van der Waals surface area contributed by atoms with E-state index in [2.05, 4.69) is 189 Å². The van der Waals surface area contributed by atoms with Crippen LogP contribution in [0.15, 0.2) is 387 Å². The molecule has 3 N–H and O–H groups in total. The third-order valence-corrected chi connectivity index (χ3v) is 18.1. The molecule has 9 heterocycles. The summed E-state index contributed by atoms with van der Waals surface area (Å²) >= 11 is 1.68. The number of rotatable bonds is 0. The number of benzene rings is 12. The second-order valence-corrected chi connectivity index (χ2v) is 25.7. The lowest BCUT2D eigenvalue weighted by molar-refractivity contribution is 0.0905. The summed E-state index contributed by atoms with van der Waals surface area (Å²) in [6, 6.07) is 107. The van der Waals surface area contributed by atoms with Crippen molar-refractivity contribution < 1.29 is 23.9 Å². The van der Waals surface area contributed by atoms with Crippen molar-refractivity contribution in [3.63, 3.8) is 0 Å². The van der Waals surface area contributed by atoms with Crippen LogP contribution in [0.25, 0.3) is 64.7 Å². The summed E-state index contributed by atoms with van der Waals surface area (Å²) in [6.45, 7) is 50.8. The number of aromatic amines is 1. The first-order chi connectivity index (χ1) is 67.1. The molecular formula is C121H169N11O5S. The summed E-state index contributed by atoms with van der Waals surface area (Å²) in [5.41, 5.74) is 18.3. The Morgan fingerprint density at radius 2 is 0.674 bits per heavy atom. The number of nitrogens with one attached hydrogen (secondary N) is 3. The Labute approximate surface area is 837 Å². The number of pyridine rings is 2. The van der Waals surface area contributed by atoms with Crippen molar-refractivity contribution in [2.75, 3.05) is 31.9 Å². The van der Waals surface area contributed by atoms with Crippen molar-refractivity contribution in [1.82, 2.24) is 45.8 Å². The highest BCUT2D eigenvalue weighted by Gasteiger charge is 2.15. The average molecular weight is 1890 g/mol. The van der Waals surface area contributed by atoms with E-state index in [-0.39, 0.29) is 22.3 Å². The molecule has 17 heteroatoms. The first kappa shape index (κ1) is 130. The van der Waals surface area contributed by atoms with Gasteiger partial charge in [-0.3, -0.25) is 24.9 Å². The van der Waals surface area contributed by atoms with Crippen LogP contribution in [0.5, 0.6) is 23.0 Å². The maximum atomic E-state index is 5.30. The zero-order chi connectivity index (χ0) is 99.6. The van der Waals surface area contributed by atoms with Gasteiger partial charge in [0.25, 0.3) is 0 Å². The lowest BCUT2D eigenvalue weighted by atomic mass is 10.0. The van der Waals surface area contributed by atoms with Gasteiger partial charge in [0.05, 0.1) is 38.0 Å². The minimum atomic E-state index is 0. The minimum absolute atomic E-state index is 0. The van der Waals surface area contributed by atoms with Gasteiger partial charge < -0.3 is 24.3 Å². The van der Waals surface area contributed by atoms with Crippen LogP contribution in [0.1, 0.15) is 224 Å². The van der Waals surface area contributed by atoms with Gasteiger partial charge in [-0.15, -0.1) is 11.3 Å². The van der Waals surface area contributed by atoms with E-state index >= 15 is 0 Å². The summed E-state index contributed by atoms with van der Waals surface area (Å²) in [5, 5.41) is 23.7. The van der Waals surface area contributed by atoms with Crippen molar-refractivity contribution in [3.05, 3.63) is 399 Å². The van der Waals surface area contributed by atoms with E-state index in [9.17, 15) is 0 Å². The number of anilines is 1. The molecular weight excluding hydrogens is 1720 g/mol. The number of hydrogen-bond acceptors (Lipinski definition) is 16. The highest BCUT2D eigenvalue weighted by atomic mass is 32.1. The molecule has 6 aliphatic rings. The second-order valence-electron chi connectivity index (χ2n) is 24.8. The number of aromatic nitrogens is 8. The van der Waals surface area contributed by atoms with Gasteiger partial charge in [-0.05, 0) is 161 Å². The van der Waals surface area contributed by atoms with Crippen LogP contribution in [-0.4, -0.2) is 72.6 Å². The first-order valence-electron chi connectivity index (χ1n) is 48.8. The fourth-order valence-electron chi connectivity index (χ4n) is 11.7. The van der Waals surface area contributed by atoms with Crippen LogP contribution in [0.4, 0.5) is 5.69 Å². The van der Waals surface area contributed by atoms with Gasteiger partial charge in [0, 0.05) is 55.0 Å². The number of hydrogen-bond donors (Lipinski definition) is 3. The Bertz CT molecular complexity index is 4810. The number of allylic oxidation sites excluding steroid dienone is 4. The van der Waals surface area contributed by atoms with Crippen molar-refractivity contribution >= 4 is 87.5 Å². The molecule has 4 aliphatic heterocycles. The molecule has 744 valence electrons. The molecule has 16 nitrogen and oxygen atoms in total. The number of ether oxygens (including phenoxy) is 4. The number of para-hydroxylation sites is 11. The van der Waals surface area contributed by atoms with E-state index in [0.717, 1.165) is 80.5 Å². The monoisotopic (exact) mass is 1890 g/mol. The van der Waals surface area contributed by atoms with Crippen molar-refractivity contribution in [1.29, 1.82) is 0 Å². The van der Waals surface area contributed by atoms with Gasteiger partial charge in [0.1, 0.15) is 30.0 Å². The third kappa shape index (κ3) is 52.3. The molecule has 0 saturated carbocycles. The van der Waals surface area contributed by atoms with E-state index in [1.807, 2.05) is 403 Å². The van der Waals surface area contributed by atoms with Crippen LogP contribution in [0.2, 0.25) is 0 Å². The van der Waals surface area contributed by atoms with E-state index < -0.39 is 0 Å². The number of thiazole rings is 1. The molecule has 12 aromatic carbocycles. The molecule has 23 rings (SSSR count). The fraction of sp³-hybridized carbons (Fsp3) is 0.306. The second kappa shape index (κ2) is 92.2. The molecule has 2 aliphatic carbocycles. The molecule has 138 heavy (non-hydrogen) atoms. The van der Waals surface area contributed by atoms with Crippen molar-refractivity contribution in [3.8, 4) is 23.0 Å². The lowest BCUT2D eigenvalue weighted by Crippen LogP contribution is -2.14. The van der Waals surface area contributed by atoms with Crippen LogP contribution in [-0.2, 0) is 24.2 Å². The standard InChI is InChI=1S/C10H8.C9H11N.2C9H7N.C9H10.C8H6N2.C8H8O2.C7H5NS.C7H6O2.C6H5N3.C6H6N2O.C6H6.12C2H6.3CH4/c1-2-6-10-8-4-3-7-9(10)5-1;2*1-2-6-9-8(4-1)5-3-7-10-9;1-2-4-9-7-10-6-5-8(9)3-1;1-2-5-9-7-3-6-8(9)4-1;2*1-2-4-8-7(3-1)9-5-6-10-8;2*1-2-4-7-6(3-1)8-5-9-7;2*1-2-4-6-5(3-1)7-9-8-6;1-2-4-6-5-3-1;12*1-2;;;/h1-8H;1-2,4,6,10H,3,5,7H2;2*1-7H;1-2,4-5H,3,6-7H2;1-6H;1-4H,5-6H2;1-5H;1-4H,5H2;1-4H,(H,7,8,9);1-3,7H,4H2;1-6H;12*1-2H3;3*1H4. The van der Waals surface area contributed by atoms with Gasteiger partial charge in [-0.25, -0.2) is 4.98 Å². The molecule has 5 aromatic heterocycles. The summed E-state index contributed by atoms with van der Waals surface area (Å²) in [6.07, 6.45) is 22.2. The van der Waals surface area contributed by atoms with Gasteiger partial charge in [-0.2, -0.15) is 20.9 Å². The lowest BCUT2D eigenvalue weighted by Gasteiger charge is -2.17. The van der Waals surface area contributed by atoms with Crippen LogP contribution >= 0.6 is 11.3 Å². The molecule has 0 atom stereocenters. The summed E-state index contributed by atoms with van der Waals surface area (Å²) in [5.74, 6) is 3.40. The smallest absolute Gasteiger partial charge is 0.231 e. The SMILES string of the molecule is C.C.C.C1=CCC2=NONC2=C1.CC.CC.CC.CC.CC.CC.CC.CC.CC.CC.CC.CC.c1ccc2c(c1)CCC2.c1ccc2c(c1)CCCN2.c1ccc2c(c1)OCCO2.c1ccc2c(c1)OCO2.c1ccc2ccccc2c1.c1ccc2cnccc2c1.c1ccc2n[nH]nc2c1.c1ccc2ncccc2c1.c1ccc2nccnc2c1.c1ccc2scnc2c1.c1ccccc1. The molecule has 0 bridgehead atoms. The molecule has 0 unspecified atom stereocenters. The Balaban J connectivity index is -0.000000695. The van der Waals surface area contributed by atoms with E-state index in [4.69, 9.17) is 18.9 Å². The first-order valence-corrected chi connectivity index (χ1v) is 49.7. The van der Waals surface area contributed by atoms with Crippen LogP contribution < -0.4 is 29.7 Å². The van der Waals surface area contributed by atoms with Gasteiger partial charge in [0.15, 0.2) is 23.0 Å². The van der Waals surface area contributed by atoms with Crippen LogP contribution in [0.3, 0.4) is 0 Å².